The summed E-state index contributed by atoms with van der Waals surface area (Å²) in [5.74, 6) is -0.0995. The minimum atomic E-state index is -0.510. The van der Waals surface area contributed by atoms with E-state index in [0.717, 1.165) is 34.5 Å². The molecule has 0 aliphatic carbocycles. The normalized spacial score (nSPS) is 15.9. The number of hydrogen-bond acceptors (Lipinski definition) is 2. The van der Waals surface area contributed by atoms with E-state index >= 15 is 0 Å². The fourth-order valence-corrected chi connectivity index (χ4v) is 3.77. The van der Waals surface area contributed by atoms with Crippen LogP contribution in [0.1, 0.15) is 34.7 Å². The van der Waals surface area contributed by atoms with Gasteiger partial charge in [0.2, 0.25) is 5.91 Å². The minimum Gasteiger partial charge on any atom is -0.324 e. The number of fused-ring (bicyclic) bond motifs is 1. The molecular weight excluding hydrogens is 380 g/mol. The third kappa shape index (κ3) is 4.25. The summed E-state index contributed by atoms with van der Waals surface area (Å²) in [4.78, 5) is 17.9. The highest BCUT2D eigenvalue weighted by Gasteiger charge is 2.26. The first kappa shape index (κ1) is 19.4. The van der Waals surface area contributed by atoms with E-state index in [1.807, 2.05) is 30.3 Å². The number of anilines is 1. The van der Waals surface area contributed by atoms with Crippen LogP contribution in [0.3, 0.4) is 0 Å². The van der Waals surface area contributed by atoms with Crippen LogP contribution in [0.25, 0.3) is 0 Å². The fraction of sp³-hybridized carbons (Fsp3) is 0.200. The van der Waals surface area contributed by atoms with Crippen molar-refractivity contribution in [2.24, 2.45) is 4.99 Å². The van der Waals surface area contributed by atoms with Crippen molar-refractivity contribution in [1.29, 1.82) is 0 Å². The zero-order chi connectivity index (χ0) is 20.4. The Morgan fingerprint density at radius 1 is 1.00 bits per heavy atom. The van der Waals surface area contributed by atoms with Crippen molar-refractivity contribution in [2.75, 3.05) is 5.32 Å². The van der Waals surface area contributed by atoms with Gasteiger partial charge in [0.15, 0.2) is 0 Å². The molecule has 1 N–H and O–H groups in total. The van der Waals surface area contributed by atoms with E-state index in [2.05, 4.69) is 49.5 Å². The molecule has 3 aromatic carbocycles. The molecule has 4 heteroatoms. The smallest absolute Gasteiger partial charge is 0.249 e. The Morgan fingerprint density at radius 3 is 2.52 bits per heavy atom. The molecule has 3 aromatic rings. The van der Waals surface area contributed by atoms with Gasteiger partial charge in [-0.05, 0) is 42.7 Å². The number of hydrogen-bond donors (Lipinski definition) is 1. The Morgan fingerprint density at radius 2 is 1.76 bits per heavy atom. The van der Waals surface area contributed by atoms with E-state index in [-0.39, 0.29) is 5.91 Å². The van der Waals surface area contributed by atoms with Gasteiger partial charge in [0.1, 0.15) is 6.04 Å². The first-order valence-electron chi connectivity index (χ1n) is 9.87. The zero-order valence-corrected chi connectivity index (χ0v) is 17.3. The Labute approximate surface area is 176 Å². The molecular formula is C25H23ClN2O. The number of nitrogens with one attached hydrogen (secondary N) is 1. The van der Waals surface area contributed by atoms with Gasteiger partial charge in [-0.15, -0.1) is 0 Å². The number of carbonyl (C=O) groups is 1. The predicted octanol–water partition coefficient (Wildman–Crippen LogP) is 5.61. The highest BCUT2D eigenvalue weighted by molar-refractivity contribution is 6.32. The summed E-state index contributed by atoms with van der Waals surface area (Å²) in [6, 6.07) is 21.6. The Hall–Kier alpha value is -2.91. The molecule has 1 aliphatic heterocycles. The van der Waals surface area contributed by atoms with Crippen molar-refractivity contribution in [3.8, 4) is 0 Å². The maximum atomic E-state index is 13.0. The molecule has 0 bridgehead atoms. The van der Waals surface area contributed by atoms with Crippen LogP contribution >= 0.6 is 11.6 Å². The van der Waals surface area contributed by atoms with Gasteiger partial charge in [-0.1, -0.05) is 72.6 Å². The molecule has 1 heterocycles. The second-order valence-corrected chi connectivity index (χ2v) is 7.85. The lowest BCUT2D eigenvalue weighted by molar-refractivity contribution is -0.117. The molecule has 0 spiro atoms. The van der Waals surface area contributed by atoms with Gasteiger partial charge in [-0.25, -0.2) is 0 Å². The van der Waals surface area contributed by atoms with Crippen LogP contribution in [-0.4, -0.2) is 17.7 Å². The van der Waals surface area contributed by atoms with Gasteiger partial charge in [0.05, 0.1) is 11.4 Å². The summed E-state index contributed by atoms with van der Waals surface area (Å²) in [5, 5.41) is 3.67. The average Bonchev–Trinajstić information content (AvgIpc) is 2.85. The molecule has 0 fully saturated rings. The van der Waals surface area contributed by atoms with Gasteiger partial charge in [-0.2, -0.15) is 0 Å². The van der Waals surface area contributed by atoms with Crippen LogP contribution in [0.2, 0.25) is 5.02 Å². The number of aliphatic imine (C=N–C) groups is 1. The molecule has 0 saturated heterocycles. The number of amides is 1. The third-order valence-electron chi connectivity index (χ3n) is 5.24. The predicted molar refractivity (Wildman–Crippen MR) is 120 cm³/mol. The summed E-state index contributed by atoms with van der Waals surface area (Å²) < 4.78 is 0. The molecule has 1 aliphatic rings. The summed E-state index contributed by atoms with van der Waals surface area (Å²) >= 11 is 6.28. The van der Waals surface area contributed by atoms with Crippen molar-refractivity contribution in [3.63, 3.8) is 0 Å². The van der Waals surface area contributed by atoms with E-state index in [1.165, 1.54) is 11.1 Å². The third-order valence-corrected chi connectivity index (χ3v) is 5.47. The van der Waals surface area contributed by atoms with Gasteiger partial charge in [0, 0.05) is 22.6 Å². The van der Waals surface area contributed by atoms with Crippen LogP contribution in [0.15, 0.2) is 71.7 Å². The number of nitrogens with zero attached hydrogens (tertiary/aromatic N) is 1. The largest absolute Gasteiger partial charge is 0.324 e. The average molecular weight is 403 g/mol. The van der Waals surface area contributed by atoms with Crippen molar-refractivity contribution < 1.29 is 4.79 Å². The molecule has 0 aromatic heterocycles. The number of benzodiazepines with no additional fused rings is 1. The van der Waals surface area contributed by atoms with E-state index < -0.39 is 6.04 Å². The molecule has 1 amide bonds. The Kier molecular flexibility index (Phi) is 5.50. The molecule has 0 saturated carbocycles. The summed E-state index contributed by atoms with van der Waals surface area (Å²) in [6.07, 6.45) is 1.52. The first-order valence-corrected chi connectivity index (χ1v) is 10.2. The monoisotopic (exact) mass is 402 g/mol. The van der Waals surface area contributed by atoms with Crippen molar-refractivity contribution >= 4 is 28.9 Å². The maximum absolute atomic E-state index is 13.0. The lowest BCUT2D eigenvalue weighted by Crippen LogP contribution is -2.27. The van der Waals surface area contributed by atoms with Crippen molar-refractivity contribution in [1.82, 2.24) is 0 Å². The van der Waals surface area contributed by atoms with Crippen LogP contribution in [0, 0.1) is 6.92 Å². The van der Waals surface area contributed by atoms with E-state index in [1.54, 1.807) is 6.07 Å². The number of rotatable bonds is 4. The van der Waals surface area contributed by atoms with Gasteiger partial charge in [0.25, 0.3) is 0 Å². The van der Waals surface area contributed by atoms with E-state index in [4.69, 9.17) is 16.6 Å². The van der Waals surface area contributed by atoms with Crippen LogP contribution in [0.4, 0.5) is 5.69 Å². The number of carbonyl (C=O) groups excluding carboxylic acids is 1. The summed E-state index contributed by atoms with van der Waals surface area (Å²) in [5.41, 5.74) is 6.90. The first-order chi connectivity index (χ1) is 14.0. The molecule has 146 valence electrons. The highest BCUT2D eigenvalue weighted by Crippen LogP contribution is 2.28. The number of halogens is 1. The molecule has 29 heavy (non-hydrogen) atoms. The highest BCUT2D eigenvalue weighted by atomic mass is 35.5. The number of benzene rings is 3. The van der Waals surface area contributed by atoms with Crippen LogP contribution < -0.4 is 5.32 Å². The van der Waals surface area contributed by atoms with Crippen molar-refractivity contribution in [3.05, 3.63) is 99.6 Å². The van der Waals surface area contributed by atoms with Crippen LogP contribution in [0.5, 0.6) is 0 Å². The quantitative estimate of drug-likeness (QED) is 0.605. The zero-order valence-electron chi connectivity index (χ0n) is 16.6. The molecule has 4 rings (SSSR count). The fourth-order valence-electron chi connectivity index (χ4n) is 3.60. The summed E-state index contributed by atoms with van der Waals surface area (Å²) in [6.45, 7) is 4.18. The van der Waals surface area contributed by atoms with Gasteiger partial charge < -0.3 is 5.32 Å². The molecule has 1 unspecified atom stereocenters. The molecule has 3 nitrogen and oxygen atoms in total. The van der Waals surface area contributed by atoms with Gasteiger partial charge in [-0.3, -0.25) is 9.79 Å². The second kappa shape index (κ2) is 8.22. The van der Waals surface area contributed by atoms with Crippen LogP contribution in [-0.2, 0) is 17.6 Å². The second-order valence-electron chi connectivity index (χ2n) is 7.42. The van der Waals surface area contributed by atoms with Crippen molar-refractivity contribution in [2.45, 2.75) is 32.7 Å². The SMILES string of the molecule is CCc1cccc(CC2N=C(c3ccc(C)cc3)c3cc(Cl)ccc3NC2=O)c1. The molecule has 0 radical (unpaired) electrons. The maximum Gasteiger partial charge on any atom is 0.249 e. The number of aryl methyl sites for hydroxylation is 2. The Balaban J connectivity index is 1.80. The van der Waals surface area contributed by atoms with Gasteiger partial charge >= 0.3 is 0 Å². The minimum absolute atomic E-state index is 0.0995. The topological polar surface area (TPSA) is 41.5 Å². The van der Waals surface area contributed by atoms with E-state index in [0.29, 0.717) is 11.4 Å². The molecule has 1 atom stereocenters. The van der Waals surface area contributed by atoms with E-state index in [9.17, 15) is 4.79 Å². The summed E-state index contributed by atoms with van der Waals surface area (Å²) in [7, 11) is 0. The lowest BCUT2D eigenvalue weighted by atomic mass is 9.99. The Bertz CT molecular complexity index is 1090. The lowest BCUT2D eigenvalue weighted by Gasteiger charge is -2.12. The standard InChI is InChI=1S/C25H23ClN2O/c1-3-17-5-4-6-18(13-17)14-23-25(29)28-22-12-11-20(26)15-21(22)24(27-23)19-9-7-16(2)8-10-19/h4-13,15,23H,3,14H2,1-2H3,(H,28,29).